The summed E-state index contributed by atoms with van der Waals surface area (Å²) in [6, 6.07) is 14.3. The number of halogens is 1. The van der Waals surface area contributed by atoms with E-state index in [2.05, 4.69) is 37.0 Å². The molecule has 38 heavy (non-hydrogen) atoms. The summed E-state index contributed by atoms with van der Waals surface area (Å²) in [6.45, 7) is 6.94. The first-order valence-electron chi connectivity index (χ1n) is 13.9. The number of pyridine rings is 1. The molecule has 2 fully saturated rings. The van der Waals surface area contributed by atoms with Gasteiger partial charge in [0.05, 0.1) is 12.1 Å². The first kappa shape index (κ1) is 25.1. The van der Waals surface area contributed by atoms with Gasteiger partial charge in [-0.25, -0.2) is 4.39 Å². The predicted octanol–water partition coefficient (Wildman–Crippen LogP) is 7.75. The summed E-state index contributed by atoms with van der Waals surface area (Å²) in [5, 5.41) is 9.74. The van der Waals surface area contributed by atoms with Crippen LogP contribution in [0.15, 0.2) is 48.7 Å². The van der Waals surface area contributed by atoms with E-state index >= 15 is 0 Å². The lowest BCUT2D eigenvalue weighted by Crippen LogP contribution is -2.46. The van der Waals surface area contributed by atoms with E-state index in [4.69, 9.17) is 4.74 Å². The number of aliphatic carboxylic acids is 1. The number of nitrogens with zero attached hydrogens (tertiary/aromatic N) is 1. The van der Waals surface area contributed by atoms with Gasteiger partial charge in [0.1, 0.15) is 18.2 Å². The van der Waals surface area contributed by atoms with Crippen LogP contribution < -0.4 is 4.74 Å². The Morgan fingerprint density at radius 3 is 2.63 bits per heavy atom. The molecule has 6 rings (SSSR count). The lowest BCUT2D eigenvalue weighted by atomic mass is 9.57. The van der Waals surface area contributed by atoms with Crippen molar-refractivity contribution in [3.05, 3.63) is 82.4 Å². The third-order valence-corrected chi connectivity index (χ3v) is 9.74. The van der Waals surface area contributed by atoms with Gasteiger partial charge < -0.3 is 9.84 Å². The summed E-state index contributed by atoms with van der Waals surface area (Å²) in [5.41, 5.74) is 6.94. The van der Waals surface area contributed by atoms with Gasteiger partial charge >= 0.3 is 5.97 Å². The van der Waals surface area contributed by atoms with Crippen molar-refractivity contribution in [1.29, 1.82) is 0 Å². The van der Waals surface area contributed by atoms with Crippen molar-refractivity contribution in [1.82, 2.24) is 4.98 Å². The molecule has 1 heterocycles. The topological polar surface area (TPSA) is 59.4 Å². The third-order valence-electron chi connectivity index (χ3n) is 9.74. The third kappa shape index (κ3) is 4.11. The molecule has 1 aromatic heterocycles. The van der Waals surface area contributed by atoms with E-state index in [-0.39, 0.29) is 22.6 Å². The van der Waals surface area contributed by atoms with Crippen LogP contribution in [-0.2, 0) is 23.2 Å². The largest absolute Gasteiger partial charge is 0.489 e. The summed E-state index contributed by atoms with van der Waals surface area (Å²) in [5.74, 6) is -0.139. The van der Waals surface area contributed by atoms with Crippen LogP contribution in [0.1, 0.15) is 86.2 Å². The zero-order valence-electron chi connectivity index (χ0n) is 22.5. The van der Waals surface area contributed by atoms with E-state index in [9.17, 15) is 14.3 Å². The van der Waals surface area contributed by atoms with Crippen LogP contribution in [0.3, 0.4) is 0 Å². The highest BCUT2D eigenvalue weighted by Gasteiger charge is 2.54. The number of rotatable bonds is 6. The first-order chi connectivity index (χ1) is 18.2. The van der Waals surface area contributed by atoms with Crippen molar-refractivity contribution >= 4 is 5.97 Å². The first-order valence-corrected chi connectivity index (χ1v) is 13.9. The van der Waals surface area contributed by atoms with E-state index in [0.29, 0.717) is 18.1 Å². The second kappa shape index (κ2) is 9.21. The fraction of sp³-hybridized carbons (Fsp3) is 0.455. The normalized spacial score (nSPS) is 25.3. The van der Waals surface area contributed by atoms with E-state index in [1.54, 1.807) is 0 Å². The van der Waals surface area contributed by atoms with Crippen molar-refractivity contribution in [2.75, 3.05) is 0 Å². The fourth-order valence-corrected chi connectivity index (χ4v) is 7.49. The summed E-state index contributed by atoms with van der Waals surface area (Å²) in [7, 11) is 0. The molecule has 2 aromatic carbocycles. The number of carbonyl (C=O) groups is 1. The van der Waals surface area contributed by atoms with Crippen molar-refractivity contribution < 1.29 is 19.0 Å². The lowest BCUT2D eigenvalue weighted by Gasteiger charge is -2.45. The second-order valence-electron chi connectivity index (χ2n) is 12.4. The average molecular weight is 514 g/mol. The summed E-state index contributed by atoms with van der Waals surface area (Å²) in [6.07, 6.45) is 8.28. The molecule has 0 aliphatic heterocycles. The maximum atomic E-state index is 14.9. The van der Waals surface area contributed by atoms with Crippen LogP contribution in [0.2, 0.25) is 0 Å². The molecular formula is C33H36FNO3. The molecule has 0 unspecified atom stereocenters. The molecule has 0 radical (unpaired) electrons. The van der Waals surface area contributed by atoms with Crippen LogP contribution in [0.25, 0.3) is 11.1 Å². The zero-order valence-corrected chi connectivity index (χ0v) is 22.5. The number of carboxylic acid groups (broad SMARTS) is 1. The summed E-state index contributed by atoms with van der Waals surface area (Å²) in [4.78, 5) is 16.0. The number of carboxylic acids is 1. The maximum absolute atomic E-state index is 14.9. The SMILES string of the molecule is Cc1cc(-c2ccc(COc3ccc4c(c3)[C@]3(CC4)CC[C@@H]3C(=O)O)cc2[C@@H]2CCCC2(C)C)c(F)cn1. The van der Waals surface area contributed by atoms with Crippen molar-refractivity contribution in [2.24, 2.45) is 11.3 Å². The number of benzene rings is 2. The number of aromatic nitrogens is 1. The predicted molar refractivity (Wildman–Crippen MR) is 146 cm³/mol. The molecule has 3 atom stereocenters. The maximum Gasteiger partial charge on any atom is 0.307 e. The Morgan fingerprint density at radius 2 is 1.92 bits per heavy atom. The molecule has 0 bridgehead atoms. The van der Waals surface area contributed by atoms with Crippen LogP contribution >= 0.6 is 0 Å². The highest BCUT2D eigenvalue weighted by molar-refractivity contribution is 5.75. The monoisotopic (exact) mass is 513 g/mol. The molecular weight excluding hydrogens is 477 g/mol. The minimum Gasteiger partial charge on any atom is -0.489 e. The zero-order chi connectivity index (χ0) is 26.7. The van der Waals surface area contributed by atoms with Crippen molar-refractivity contribution in [3.8, 4) is 16.9 Å². The highest BCUT2D eigenvalue weighted by Crippen LogP contribution is 2.57. The minimum atomic E-state index is -0.682. The molecule has 3 aromatic rings. The summed E-state index contributed by atoms with van der Waals surface area (Å²) >= 11 is 0. The van der Waals surface area contributed by atoms with Gasteiger partial charge in [-0.1, -0.05) is 44.5 Å². The van der Waals surface area contributed by atoms with Crippen LogP contribution in [0.5, 0.6) is 5.75 Å². The molecule has 0 amide bonds. The Kier molecular flexibility index (Phi) is 6.08. The van der Waals surface area contributed by atoms with Gasteiger partial charge in [-0.3, -0.25) is 9.78 Å². The van der Waals surface area contributed by atoms with Crippen molar-refractivity contribution in [3.63, 3.8) is 0 Å². The van der Waals surface area contributed by atoms with Gasteiger partial charge in [0.15, 0.2) is 0 Å². The lowest BCUT2D eigenvalue weighted by molar-refractivity contribution is -0.149. The quantitative estimate of drug-likeness (QED) is 0.366. The van der Waals surface area contributed by atoms with Crippen molar-refractivity contribution in [2.45, 2.75) is 83.7 Å². The van der Waals surface area contributed by atoms with Gasteiger partial charge in [-0.2, -0.15) is 0 Å². The number of hydrogen-bond acceptors (Lipinski definition) is 3. The van der Waals surface area contributed by atoms with E-state index < -0.39 is 5.97 Å². The Hall–Kier alpha value is -3.21. The highest BCUT2D eigenvalue weighted by atomic mass is 19.1. The van der Waals surface area contributed by atoms with Gasteiger partial charge in [0, 0.05) is 16.7 Å². The summed E-state index contributed by atoms with van der Waals surface area (Å²) < 4.78 is 21.2. The van der Waals surface area contributed by atoms with E-state index in [1.807, 2.05) is 31.2 Å². The standard InChI is InChI=1S/C33H36FNO3/c1-20-15-26(30(34)18-35-20)24-9-6-21(16-25(24)27-5-4-12-32(27,2)3)19-38-23-8-7-22-10-13-33(29(22)17-23)14-11-28(33)31(36)37/h6-9,15-18,27-28H,4-5,10-14,19H2,1-3H3,(H,36,37)/t27-,28+,33+/m0/s1. The Bertz CT molecular complexity index is 1410. The molecule has 2 saturated carbocycles. The van der Waals surface area contributed by atoms with Gasteiger partial charge in [0.2, 0.25) is 0 Å². The molecule has 198 valence electrons. The Labute approximate surface area is 224 Å². The van der Waals surface area contributed by atoms with Crippen LogP contribution in [0.4, 0.5) is 4.39 Å². The number of hydrogen-bond donors (Lipinski definition) is 1. The molecule has 0 saturated heterocycles. The molecule has 4 nitrogen and oxygen atoms in total. The second-order valence-corrected chi connectivity index (χ2v) is 12.4. The molecule has 3 aliphatic rings. The number of fused-ring (bicyclic) bond motifs is 2. The minimum absolute atomic E-state index is 0.143. The van der Waals surface area contributed by atoms with Gasteiger partial charge in [0.25, 0.3) is 0 Å². The van der Waals surface area contributed by atoms with Crippen LogP contribution in [-0.4, -0.2) is 16.1 Å². The number of ether oxygens (including phenoxy) is 1. The molecule has 1 N–H and O–H groups in total. The molecule has 5 heteroatoms. The van der Waals surface area contributed by atoms with Crippen LogP contribution in [0, 0.1) is 24.1 Å². The number of aryl methyl sites for hydroxylation is 2. The van der Waals surface area contributed by atoms with E-state index in [0.717, 1.165) is 61.1 Å². The smallest absolute Gasteiger partial charge is 0.307 e. The van der Waals surface area contributed by atoms with Gasteiger partial charge in [-0.05, 0) is 103 Å². The van der Waals surface area contributed by atoms with Gasteiger partial charge in [-0.15, -0.1) is 0 Å². The van der Waals surface area contributed by atoms with E-state index in [1.165, 1.54) is 29.3 Å². The fourth-order valence-electron chi connectivity index (χ4n) is 7.49. The molecule has 3 aliphatic carbocycles. The average Bonchev–Trinajstić information content (AvgIpc) is 3.43. The molecule has 1 spiro atoms. The Balaban J connectivity index is 1.30. The Morgan fingerprint density at radius 1 is 1.08 bits per heavy atom.